The molecule has 0 fully saturated rings. The van der Waals surface area contributed by atoms with Crippen molar-refractivity contribution in [1.82, 2.24) is 5.32 Å². The molecule has 0 unspecified atom stereocenters. The van der Waals surface area contributed by atoms with E-state index in [2.05, 4.69) is 19.2 Å². The molecule has 0 saturated carbocycles. The van der Waals surface area contributed by atoms with E-state index >= 15 is 0 Å². The Morgan fingerprint density at radius 1 is 1.25 bits per heavy atom. The van der Waals surface area contributed by atoms with Crippen LogP contribution in [-0.4, -0.2) is 26.9 Å². The third-order valence-corrected chi connectivity index (χ3v) is 3.76. The molecule has 0 atom stereocenters. The third kappa shape index (κ3) is 5.70. The average molecular weight is 300 g/mol. The summed E-state index contributed by atoms with van der Waals surface area (Å²) in [6, 6.07) is 5.88. The normalized spacial score (nSPS) is 11.1. The van der Waals surface area contributed by atoms with Gasteiger partial charge < -0.3 is 14.8 Å². The van der Waals surface area contributed by atoms with Crippen molar-refractivity contribution in [2.75, 3.05) is 26.9 Å². The number of rotatable bonds is 10. The fourth-order valence-corrected chi connectivity index (χ4v) is 2.23. The van der Waals surface area contributed by atoms with Gasteiger partial charge in [0.1, 0.15) is 5.75 Å². The Labute approximate surface area is 127 Å². The molecule has 1 rings (SSSR count). The van der Waals surface area contributed by atoms with E-state index in [1.165, 1.54) is 0 Å². The molecule has 1 N–H and O–H groups in total. The largest absolute Gasteiger partial charge is 0.491 e. The summed E-state index contributed by atoms with van der Waals surface area (Å²) < 4.78 is 11.0. The lowest BCUT2D eigenvalue weighted by Crippen LogP contribution is -2.19. The van der Waals surface area contributed by atoms with Crippen molar-refractivity contribution in [3.63, 3.8) is 0 Å². The van der Waals surface area contributed by atoms with Crippen LogP contribution in [0, 0.1) is 5.92 Å². The summed E-state index contributed by atoms with van der Waals surface area (Å²) >= 11 is 6.26. The number of ether oxygens (including phenoxy) is 2. The zero-order valence-corrected chi connectivity index (χ0v) is 13.5. The molecule has 3 nitrogen and oxygen atoms in total. The van der Waals surface area contributed by atoms with Gasteiger partial charge >= 0.3 is 0 Å². The fraction of sp³-hybridized carbons (Fsp3) is 0.625. The Balaban J connectivity index is 2.62. The maximum atomic E-state index is 6.26. The van der Waals surface area contributed by atoms with Gasteiger partial charge in [0.2, 0.25) is 0 Å². The lowest BCUT2D eigenvalue weighted by molar-refractivity contribution is 0.198. The fourth-order valence-electron chi connectivity index (χ4n) is 1.98. The van der Waals surface area contributed by atoms with Gasteiger partial charge in [-0.2, -0.15) is 0 Å². The second kappa shape index (κ2) is 10.0. The van der Waals surface area contributed by atoms with Crippen LogP contribution in [0.3, 0.4) is 0 Å². The number of benzene rings is 1. The second-order valence-electron chi connectivity index (χ2n) is 4.89. The molecule has 0 amide bonds. The van der Waals surface area contributed by atoms with Crippen molar-refractivity contribution in [1.29, 1.82) is 0 Å². The lowest BCUT2D eigenvalue weighted by Gasteiger charge is -2.17. The molecule has 114 valence electrons. The molecule has 0 aromatic heterocycles. The van der Waals surface area contributed by atoms with Crippen molar-refractivity contribution in [2.45, 2.75) is 33.2 Å². The van der Waals surface area contributed by atoms with Gasteiger partial charge in [-0.25, -0.2) is 0 Å². The Kier molecular flexibility index (Phi) is 8.67. The first-order valence-corrected chi connectivity index (χ1v) is 7.70. The molecular weight excluding hydrogens is 274 g/mol. The van der Waals surface area contributed by atoms with E-state index in [0.717, 1.165) is 43.9 Å². The van der Waals surface area contributed by atoms with Crippen molar-refractivity contribution < 1.29 is 9.47 Å². The van der Waals surface area contributed by atoms with Crippen LogP contribution in [0.1, 0.15) is 32.3 Å². The molecular formula is C16H26ClNO2. The molecule has 1 aromatic rings. The van der Waals surface area contributed by atoms with E-state index in [1.54, 1.807) is 7.11 Å². The predicted octanol–water partition coefficient (Wildman–Crippen LogP) is 3.89. The van der Waals surface area contributed by atoms with Gasteiger partial charge in [-0.05, 0) is 12.0 Å². The van der Waals surface area contributed by atoms with Gasteiger partial charge in [0.25, 0.3) is 0 Å². The van der Waals surface area contributed by atoms with Crippen LogP contribution < -0.4 is 10.1 Å². The van der Waals surface area contributed by atoms with Gasteiger partial charge in [0.15, 0.2) is 0 Å². The summed E-state index contributed by atoms with van der Waals surface area (Å²) in [7, 11) is 1.70. The highest BCUT2D eigenvalue weighted by Crippen LogP contribution is 2.29. The molecule has 1 aromatic carbocycles. The molecule has 0 aliphatic carbocycles. The molecule has 0 saturated heterocycles. The SMILES string of the molecule is CCC(CC)COc1c(Cl)cccc1CNCCOC. The zero-order valence-electron chi connectivity index (χ0n) is 12.7. The van der Waals surface area contributed by atoms with E-state index in [9.17, 15) is 0 Å². The standard InChI is InChI=1S/C16H26ClNO2/c1-4-13(5-2)12-20-16-14(7-6-8-15(16)17)11-18-9-10-19-3/h6-8,13,18H,4-5,9-12H2,1-3H3. The van der Waals surface area contributed by atoms with Crippen LogP contribution in [0.15, 0.2) is 18.2 Å². The summed E-state index contributed by atoms with van der Waals surface area (Å²) in [5, 5.41) is 4.00. The Morgan fingerprint density at radius 3 is 2.65 bits per heavy atom. The second-order valence-corrected chi connectivity index (χ2v) is 5.30. The smallest absolute Gasteiger partial charge is 0.142 e. The van der Waals surface area contributed by atoms with Crippen molar-refractivity contribution >= 4 is 11.6 Å². The molecule has 0 heterocycles. The van der Waals surface area contributed by atoms with Crippen LogP contribution >= 0.6 is 11.6 Å². The summed E-state index contributed by atoms with van der Waals surface area (Å²) in [6.07, 6.45) is 2.25. The van der Waals surface area contributed by atoms with E-state index in [4.69, 9.17) is 21.1 Å². The van der Waals surface area contributed by atoms with Gasteiger partial charge in [-0.1, -0.05) is 50.4 Å². The number of para-hydroxylation sites is 1. The Morgan fingerprint density at radius 2 is 2.00 bits per heavy atom. The molecule has 0 spiro atoms. The third-order valence-electron chi connectivity index (χ3n) is 3.47. The van der Waals surface area contributed by atoms with Crippen LogP contribution in [0.5, 0.6) is 5.75 Å². The first kappa shape index (κ1) is 17.3. The summed E-state index contributed by atoms with van der Waals surface area (Å²) in [6.45, 7) is 7.36. The van der Waals surface area contributed by atoms with Crippen LogP contribution in [-0.2, 0) is 11.3 Å². The van der Waals surface area contributed by atoms with Gasteiger partial charge in [-0.15, -0.1) is 0 Å². The maximum absolute atomic E-state index is 6.26. The minimum absolute atomic E-state index is 0.584. The molecule has 0 radical (unpaired) electrons. The van der Waals surface area contributed by atoms with Crippen molar-refractivity contribution in [3.8, 4) is 5.75 Å². The summed E-state index contributed by atoms with van der Waals surface area (Å²) in [4.78, 5) is 0. The molecule has 0 aliphatic heterocycles. The highest BCUT2D eigenvalue weighted by Gasteiger charge is 2.11. The molecule has 20 heavy (non-hydrogen) atoms. The topological polar surface area (TPSA) is 30.5 Å². The minimum atomic E-state index is 0.584. The highest BCUT2D eigenvalue weighted by molar-refractivity contribution is 6.32. The molecule has 0 bridgehead atoms. The molecule has 4 heteroatoms. The van der Waals surface area contributed by atoms with Crippen LogP contribution in [0.2, 0.25) is 5.02 Å². The quantitative estimate of drug-likeness (QED) is 0.665. The Hall–Kier alpha value is -0.770. The van der Waals surface area contributed by atoms with Crippen molar-refractivity contribution in [3.05, 3.63) is 28.8 Å². The first-order chi connectivity index (χ1) is 9.72. The monoisotopic (exact) mass is 299 g/mol. The maximum Gasteiger partial charge on any atom is 0.142 e. The highest BCUT2D eigenvalue weighted by atomic mass is 35.5. The van der Waals surface area contributed by atoms with Crippen molar-refractivity contribution in [2.24, 2.45) is 5.92 Å². The average Bonchev–Trinajstić information content (AvgIpc) is 2.46. The summed E-state index contributed by atoms with van der Waals surface area (Å²) in [5.74, 6) is 1.39. The number of hydrogen-bond donors (Lipinski definition) is 1. The lowest BCUT2D eigenvalue weighted by atomic mass is 10.1. The van der Waals surface area contributed by atoms with Gasteiger partial charge in [0.05, 0.1) is 18.2 Å². The van der Waals surface area contributed by atoms with E-state index in [1.807, 2.05) is 18.2 Å². The number of hydrogen-bond acceptors (Lipinski definition) is 3. The van der Waals surface area contributed by atoms with Gasteiger partial charge in [-0.3, -0.25) is 0 Å². The predicted molar refractivity (Wildman–Crippen MR) is 84.6 cm³/mol. The molecule has 0 aliphatic rings. The van der Waals surface area contributed by atoms with E-state index < -0.39 is 0 Å². The summed E-state index contributed by atoms with van der Waals surface area (Å²) in [5.41, 5.74) is 1.10. The number of halogens is 1. The minimum Gasteiger partial charge on any atom is -0.491 e. The number of methoxy groups -OCH3 is 1. The van der Waals surface area contributed by atoms with Gasteiger partial charge in [0, 0.05) is 25.8 Å². The van der Waals surface area contributed by atoms with Crippen LogP contribution in [0.25, 0.3) is 0 Å². The van der Waals surface area contributed by atoms with E-state index in [-0.39, 0.29) is 0 Å². The first-order valence-electron chi connectivity index (χ1n) is 7.32. The van der Waals surface area contributed by atoms with Crippen LogP contribution in [0.4, 0.5) is 0 Å². The Bertz CT molecular complexity index is 381. The number of nitrogens with one attached hydrogen (secondary N) is 1. The zero-order chi connectivity index (χ0) is 14.8. The van der Waals surface area contributed by atoms with E-state index in [0.29, 0.717) is 17.5 Å².